The lowest BCUT2D eigenvalue weighted by Gasteiger charge is -2.36. The van der Waals surface area contributed by atoms with E-state index >= 15 is 0 Å². The molecule has 0 spiro atoms. The average molecular weight is 612 g/mol. The monoisotopic (exact) mass is 611 g/mol. The van der Waals surface area contributed by atoms with Crippen molar-refractivity contribution < 1.29 is 28.7 Å². The van der Waals surface area contributed by atoms with Crippen LogP contribution in [0.1, 0.15) is 65.4 Å². The molecule has 3 aliphatic rings. The van der Waals surface area contributed by atoms with E-state index in [-0.39, 0.29) is 35.5 Å². The van der Waals surface area contributed by atoms with Crippen molar-refractivity contribution in [3.63, 3.8) is 0 Å². The zero-order valence-electron chi connectivity index (χ0n) is 27.2. The number of carbonyl (C=O) groups is 4. The van der Waals surface area contributed by atoms with Gasteiger partial charge in [-0.05, 0) is 69.5 Å². The van der Waals surface area contributed by atoms with Crippen molar-refractivity contribution in [2.75, 3.05) is 34.3 Å². The Morgan fingerprint density at radius 2 is 1.91 bits per heavy atom. The summed E-state index contributed by atoms with van der Waals surface area (Å²) in [4.78, 5) is 60.5. The van der Waals surface area contributed by atoms with Crippen molar-refractivity contribution in [2.45, 2.75) is 90.1 Å². The molecule has 0 unspecified atom stereocenters. The smallest absolute Gasteiger partial charge is 0.249 e. The van der Waals surface area contributed by atoms with Gasteiger partial charge >= 0.3 is 0 Å². The first-order valence-electron chi connectivity index (χ1n) is 15.9. The first kappa shape index (κ1) is 33.3. The molecule has 2 fully saturated rings. The van der Waals surface area contributed by atoms with Gasteiger partial charge in [0.2, 0.25) is 23.6 Å². The Bertz CT molecular complexity index is 1250. The van der Waals surface area contributed by atoms with Gasteiger partial charge in [-0.15, -0.1) is 0 Å². The number of carbonyl (C=O) groups excluding carboxylic acids is 4. The number of nitrogens with one attached hydrogen (secondary N) is 2. The van der Waals surface area contributed by atoms with Crippen LogP contribution in [0.25, 0.3) is 6.08 Å². The fourth-order valence-corrected chi connectivity index (χ4v) is 6.68. The van der Waals surface area contributed by atoms with Crippen LogP contribution < -0.4 is 20.1 Å². The third kappa shape index (κ3) is 7.20. The Morgan fingerprint density at radius 3 is 2.57 bits per heavy atom. The zero-order chi connectivity index (χ0) is 32.1. The molecule has 2 saturated heterocycles. The lowest BCUT2D eigenvalue weighted by molar-refractivity contribution is -0.150. The SMILES string of the molecule is CC[C@H](C)[C@H](C(=O)N[C@@H](CC(C)C)C(=O)N1CC[C@@H]2Oc3ccc(OC)c(c3)/C=C\NC(=O)[C@@H]3CCCN3C(=O)[C@H]21)N(C)C. The van der Waals surface area contributed by atoms with E-state index in [1.165, 1.54) is 0 Å². The lowest BCUT2D eigenvalue weighted by Crippen LogP contribution is -2.60. The molecule has 4 amide bonds. The standard InChI is InChI=1S/C33H49N5O6/c1-8-21(4)28(36(5)6)31(40)35-24(18-20(2)3)32(41)38-17-14-27-29(38)33(42)37-16-9-10-25(37)30(39)34-15-13-22-19-23(44-27)11-12-26(22)43-7/h11-13,15,19-21,24-25,27-29H,8-10,14,16-18H2,1-7H3,(H,34,39)(H,35,40)/b15-13-/t21-,24-,25-,27-,28+,29-/m0/s1. The molecule has 6 atom stereocenters. The van der Waals surface area contributed by atoms with E-state index in [1.807, 2.05) is 46.7 Å². The quantitative estimate of drug-likeness (QED) is 0.441. The number of hydrogen-bond donors (Lipinski definition) is 2. The molecule has 0 radical (unpaired) electrons. The molecule has 4 rings (SSSR count). The van der Waals surface area contributed by atoms with Crippen molar-refractivity contribution in [3.8, 4) is 11.5 Å². The van der Waals surface area contributed by atoms with Crippen molar-refractivity contribution in [3.05, 3.63) is 30.0 Å². The maximum atomic E-state index is 14.4. The number of amides is 4. The van der Waals surface area contributed by atoms with Gasteiger partial charge in [0, 0.05) is 31.3 Å². The van der Waals surface area contributed by atoms with Crippen molar-refractivity contribution in [1.82, 2.24) is 25.3 Å². The molecule has 3 aliphatic heterocycles. The highest BCUT2D eigenvalue weighted by atomic mass is 16.5. The number of benzene rings is 1. The molecule has 1 aromatic carbocycles. The van der Waals surface area contributed by atoms with Crippen LogP contribution in [0.5, 0.6) is 11.5 Å². The van der Waals surface area contributed by atoms with Crippen LogP contribution >= 0.6 is 0 Å². The van der Waals surface area contributed by atoms with Crippen LogP contribution in [0.2, 0.25) is 0 Å². The number of fused-ring (bicyclic) bond motifs is 4. The Kier molecular flexibility index (Phi) is 10.9. The van der Waals surface area contributed by atoms with Crippen molar-refractivity contribution >= 4 is 29.7 Å². The summed E-state index contributed by atoms with van der Waals surface area (Å²) in [6.45, 7) is 8.79. The summed E-state index contributed by atoms with van der Waals surface area (Å²) in [6, 6.07) is 2.54. The number of likely N-dealkylation sites (N-methyl/N-ethyl adjacent to an activating group) is 1. The normalized spacial score (nSPS) is 24.6. The number of hydrogen-bond acceptors (Lipinski definition) is 7. The Morgan fingerprint density at radius 1 is 1.16 bits per heavy atom. The summed E-state index contributed by atoms with van der Waals surface area (Å²) in [6.07, 6.45) is 5.54. The molecule has 0 saturated carbocycles. The predicted molar refractivity (Wildman–Crippen MR) is 168 cm³/mol. The van der Waals surface area contributed by atoms with Crippen LogP contribution in [-0.2, 0) is 19.2 Å². The van der Waals surface area contributed by atoms with Gasteiger partial charge in [-0.3, -0.25) is 24.1 Å². The van der Waals surface area contributed by atoms with Crippen LogP contribution in [-0.4, -0.2) is 103 Å². The fourth-order valence-electron chi connectivity index (χ4n) is 6.68. The van der Waals surface area contributed by atoms with Crippen molar-refractivity contribution in [1.29, 1.82) is 0 Å². The first-order chi connectivity index (χ1) is 21.0. The Labute approximate surface area is 261 Å². The van der Waals surface area contributed by atoms with Gasteiger partial charge in [0.05, 0.1) is 13.2 Å². The zero-order valence-corrected chi connectivity index (χ0v) is 27.2. The van der Waals surface area contributed by atoms with Crippen LogP contribution in [0.4, 0.5) is 0 Å². The van der Waals surface area contributed by atoms with Gasteiger partial charge in [-0.1, -0.05) is 34.1 Å². The summed E-state index contributed by atoms with van der Waals surface area (Å²) in [5.41, 5.74) is 0.707. The molecule has 1 aromatic rings. The molecule has 2 N–H and O–H groups in total. The average Bonchev–Trinajstić information content (AvgIpc) is 3.63. The number of rotatable bonds is 9. The second-order valence-corrected chi connectivity index (χ2v) is 12.8. The van der Waals surface area contributed by atoms with Gasteiger partial charge in [0.25, 0.3) is 0 Å². The highest BCUT2D eigenvalue weighted by molar-refractivity contribution is 5.96. The van der Waals surface area contributed by atoms with Gasteiger partial charge in [-0.25, -0.2) is 0 Å². The predicted octanol–water partition coefficient (Wildman–Crippen LogP) is 2.64. The number of nitrogens with zero attached hydrogens (tertiary/aromatic N) is 3. The van der Waals surface area contributed by atoms with E-state index in [0.717, 1.165) is 6.42 Å². The van der Waals surface area contributed by atoms with E-state index in [4.69, 9.17) is 9.47 Å². The summed E-state index contributed by atoms with van der Waals surface area (Å²) in [5, 5.41) is 5.88. The van der Waals surface area contributed by atoms with Crippen molar-refractivity contribution in [2.24, 2.45) is 11.8 Å². The molecular formula is C33H49N5O6. The molecular weight excluding hydrogens is 562 g/mol. The van der Waals surface area contributed by atoms with Gasteiger partial charge in [0.1, 0.15) is 35.7 Å². The highest BCUT2D eigenvalue weighted by Gasteiger charge is 2.49. The maximum absolute atomic E-state index is 14.4. The van der Waals surface area contributed by atoms with Gasteiger partial charge < -0.3 is 29.9 Å². The third-order valence-electron chi connectivity index (χ3n) is 9.02. The van der Waals surface area contributed by atoms with E-state index in [1.54, 1.807) is 47.4 Å². The molecule has 0 aliphatic carbocycles. The number of likely N-dealkylation sites (tertiary alicyclic amines) is 1. The molecule has 242 valence electrons. The van der Waals surface area contributed by atoms with E-state index < -0.39 is 30.3 Å². The molecule has 3 heterocycles. The van der Waals surface area contributed by atoms with E-state index in [2.05, 4.69) is 10.6 Å². The lowest BCUT2D eigenvalue weighted by atomic mass is 9.96. The molecule has 2 bridgehead atoms. The second-order valence-electron chi connectivity index (χ2n) is 12.8. The van der Waals surface area contributed by atoms with E-state index in [0.29, 0.717) is 55.8 Å². The second kappa shape index (κ2) is 14.5. The van der Waals surface area contributed by atoms with E-state index in [9.17, 15) is 19.2 Å². The number of ether oxygens (including phenoxy) is 2. The van der Waals surface area contributed by atoms with Crippen LogP contribution in [0, 0.1) is 11.8 Å². The Hall–Kier alpha value is -3.60. The largest absolute Gasteiger partial charge is 0.496 e. The Balaban J connectivity index is 1.69. The topological polar surface area (TPSA) is 121 Å². The van der Waals surface area contributed by atoms with Gasteiger partial charge in [0.15, 0.2) is 0 Å². The maximum Gasteiger partial charge on any atom is 0.249 e. The van der Waals surface area contributed by atoms with Crippen LogP contribution in [0.15, 0.2) is 24.4 Å². The molecule has 11 heteroatoms. The van der Waals surface area contributed by atoms with Gasteiger partial charge in [-0.2, -0.15) is 0 Å². The summed E-state index contributed by atoms with van der Waals surface area (Å²) < 4.78 is 11.9. The fraction of sp³-hybridized carbons (Fsp3) is 0.636. The molecule has 11 nitrogen and oxygen atoms in total. The minimum atomic E-state index is -0.944. The number of methoxy groups -OCH3 is 1. The molecule has 44 heavy (non-hydrogen) atoms. The summed E-state index contributed by atoms with van der Waals surface area (Å²) >= 11 is 0. The highest BCUT2D eigenvalue weighted by Crippen LogP contribution is 2.32. The minimum Gasteiger partial charge on any atom is -0.496 e. The summed E-state index contributed by atoms with van der Waals surface area (Å²) in [7, 11) is 5.31. The first-order valence-corrected chi connectivity index (χ1v) is 15.9. The minimum absolute atomic E-state index is 0.0865. The molecule has 0 aromatic heterocycles. The van der Waals surface area contributed by atoms with Crippen LogP contribution in [0.3, 0.4) is 0 Å². The summed E-state index contributed by atoms with van der Waals surface area (Å²) in [5.74, 6) is 0.245. The third-order valence-corrected chi connectivity index (χ3v) is 9.02.